The highest BCUT2D eigenvalue weighted by Gasteiger charge is 2.20. The number of carbonyl (C=O) groups is 4. The average molecular weight is 452 g/mol. The van der Waals surface area contributed by atoms with Crippen LogP contribution in [0.1, 0.15) is 59.4 Å². The second-order valence-electron chi connectivity index (χ2n) is 7.78. The van der Waals surface area contributed by atoms with Crippen molar-refractivity contribution in [1.29, 1.82) is 0 Å². The molecule has 178 valence electrons. The summed E-state index contributed by atoms with van der Waals surface area (Å²) in [5, 5.41) is 0. The maximum Gasteiger partial charge on any atom is 0.323 e. The van der Waals surface area contributed by atoms with Gasteiger partial charge >= 0.3 is 23.9 Å². The van der Waals surface area contributed by atoms with Gasteiger partial charge in [0.05, 0.1) is 0 Å². The monoisotopic (exact) mass is 451 g/mol. The zero-order valence-electron chi connectivity index (χ0n) is 19.3. The van der Waals surface area contributed by atoms with E-state index in [1.807, 2.05) is 13.8 Å². The minimum Gasteiger partial charge on any atom is -0.461 e. The molecule has 2 N–H and O–H groups in total. The van der Waals surface area contributed by atoms with Gasteiger partial charge in [-0.1, -0.05) is 33.8 Å². The first-order valence-electron chi connectivity index (χ1n) is 10.7. The molecular weight excluding hydrogens is 418 g/mol. The Labute approximate surface area is 188 Å². The number of hydrogen-bond acceptors (Lipinski definition) is 9. The highest BCUT2D eigenvalue weighted by Crippen LogP contribution is 2.30. The SMILES string of the molecule is CCC(=O)Oc1ccc(C[C@H](N)C(=O)OC[C@H](C)OC(=O)CC(C)C)cc1OC(=O)CC. The Morgan fingerprint density at radius 1 is 0.906 bits per heavy atom. The summed E-state index contributed by atoms with van der Waals surface area (Å²) >= 11 is 0. The molecule has 0 aliphatic heterocycles. The number of benzene rings is 1. The smallest absolute Gasteiger partial charge is 0.323 e. The molecule has 0 heterocycles. The molecule has 0 aromatic heterocycles. The highest BCUT2D eigenvalue weighted by molar-refractivity contribution is 5.77. The van der Waals surface area contributed by atoms with Crippen LogP contribution in [0.3, 0.4) is 0 Å². The molecule has 2 atom stereocenters. The number of rotatable bonds is 12. The first kappa shape index (κ1) is 27.1. The van der Waals surface area contributed by atoms with E-state index in [4.69, 9.17) is 24.7 Å². The third kappa shape index (κ3) is 9.91. The summed E-state index contributed by atoms with van der Waals surface area (Å²) in [7, 11) is 0. The van der Waals surface area contributed by atoms with Crippen molar-refractivity contribution >= 4 is 23.9 Å². The molecule has 32 heavy (non-hydrogen) atoms. The van der Waals surface area contributed by atoms with Crippen LogP contribution < -0.4 is 15.2 Å². The van der Waals surface area contributed by atoms with Crippen molar-refractivity contribution in [1.82, 2.24) is 0 Å². The first-order valence-corrected chi connectivity index (χ1v) is 10.7. The second kappa shape index (κ2) is 13.5. The van der Waals surface area contributed by atoms with E-state index in [0.29, 0.717) is 5.56 Å². The van der Waals surface area contributed by atoms with Gasteiger partial charge in [0.1, 0.15) is 18.8 Å². The van der Waals surface area contributed by atoms with E-state index in [1.54, 1.807) is 26.8 Å². The lowest BCUT2D eigenvalue weighted by Gasteiger charge is -2.17. The minimum atomic E-state index is -0.993. The molecule has 0 spiro atoms. The quantitative estimate of drug-likeness (QED) is 0.376. The van der Waals surface area contributed by atoms with Gasteiger partial charge in [-0.05, 0) is 37.0 Å². The summed E-state index contributed by atoms with van der Waals surface area (Å²) in [6.07, 6.45) is 0.0813. The maximum absolute atomic E-state index is 12.2. The van der Waals surface area contributed by atoms with Crippen LogP contribution in [-0.4, -0.2) is 42.6 Å². The summed E-state index contributed by atoms with van der Waals surface area (Å²) < 4.78 is 20.8. The van der Waals surface area contributed by atoms with Crippen molar-refractivity contribution in [3.8, 4) is 11.5 Å². The predicted octanol–water partition coefficient (Wildman–Crippen LogP) is 2.71. The molecule has 0 fully saturated rings. The molecule has 1 aromatic rings. The van der Waals surface area contributed by atoms with E-state index in [1.165, 1.54) is 12.1 Å². The Kier molecular flexibility index (Phi) is 11.4. The Balaban J connectivity index is 2.73. The zero-order chi connectivity index (χ0) is 24.3. The summed E-state index contributed by atoms with van der Waals surface area (Å²) in [6.45, 7) is 8.60. The molecule has 0 bridgehead atoms. The van der Waals surface area contributed by atoms with Crippen LogP contribution in [0.25, 0.3) is 0 Å². The van der Waals surface area contributed by atoms with Gasteiger partial charge < -0.3 is 24.7 Å². The minimum absolute atomic E-state index is 0.0717. The van der Waals surface area contributed by atoms with E-state index in [-0.39, 0.29) is 55.7 Å². The predicted molar refractivity (Wildman–Crippen MR) is 116 cm³/mol. The number of ether oxygens (including phenoxy) is 4. The fourth-order valence-corrected chi connectivity index (χ4v) is 2.52. The van der Waals surface area contributed by atoms with Gasteiger partial charge in [-0.15, -0.1) is 0 Å². The van der Waals surface area contributed by atoms with Gasteiger partial charge in [-0.3, -0.25) is 19.2 Å². The lowest BCUT2D eigenvalue weighted by Crippen LogP contribution is -2.36. The van der Waals surface area contributed by atoms with E-state index < -0.39 is 30.1 Å². The fourth-order valence-electron chi connectivity index (χ4n) is 2.52. The largest absolute Gasteiger partial charge is 0.461 e. The van der Waals surface area contributed by atoms with E-state index in [9.17, 15) is 19.2 Å². The topological polar surface area (TPSA) is 131 Å². The van der Waals surface area contributed by atoms with Crippen LogP contribution in [0, 0.1) is 5.92 Å². The Bertz CT molecular complexity index is 805. The lowest BCUT2D eigenvalue weighted by molar-refractivity contribution is -0.159. The molecule has 1 aromatic carbocycles. The molecule has 9 nitrogen and oxygen atoms in total. The molecule has 0 aliphatic rings. The van der Waals surface area contributed by atoms with Crippen molar-refractivity contribution in [3.63, 3.8) is 0 Å². The van der Waals surface area contributed by atoms with Gasteiger partial charge in [-0.2, -0.15) is 0 Å². The van der Waals surface area contributed by atoms with Crippen molar-refractivity contribution in [2.75, 3.05) is 6.61 Å². The molecule has 0 saturated carbocycles. The summed E-state index contributed by atoms with van der Waals surface area (Å²) in [4.78, 5) is 47.2. The Morgan fingerprint density at radius 2 is 1.50 bits per heavy atom. The fraction of sp³-hybridized carbons (Fsp3) is 0.565. The third-order valence-electron chi connectivity index (χ3n) is 4.16. The molecule has 0 amide bonds. The molecule has 1 rings (SSSR count). The zero-order valence-corrected chi connectivity index (χ0v) is 19.3. The maximum atomic E-state index is 12.2. The lowest BCUT2D eigenvalue weighted by atomic mass is 10.1. The van der Waals surface area contributed by atoms with Crippen LogP contribution in [0.2, 0.25) is 0 Å². The van der Waals surface area contributed by atoms with Gasteiger partial charge in [0.25, 0.3) is 0 Å². The van der Waals surface area contributed by atoms with Gasteiger partial charge in [0, 0.05) is 19.3 Å². The van der Waals surface area contributed by atoms with Crippen LogP contribution in [0.4, 0.5) is 0 Å². The van der Waals surface area contributed by atoms with E-state index >= 15 is 0 Å². The van der Waals surface area contributed by atoms with Crippen LogP contribution in [0.5, 0.6) is 11.5 Å². The summed E-state index contributed by atoms with van der Waals surface area (Å²) in [6, 6.07) is 3.60. The first-order chi connectivity index (χ1) is 15.0. The Hall–Kier alpha value is -2.94. The van der Waals surface area contributed by atoms with Crippen LogP contribution >= 0.6 is 0 Å². The molecule has 9 heteroatoms. The summed E-state index contributed by atoms with van der Waals surface area (Å²) in [5.74, 6) is -1.64. The van der Waals surface area contributed by atoms with Crippen LogP contribution in [-0.2, 0) is 35.1 Å². The average Bonchev–Trinajstić information content (AvgIpc) is 2.72. The standard InChI is InChI=1S/C23H33NO8/c1-6-20(25)31-18-9-8-16(12-19(18)32-21(26)7-2)11-17(24)23(28)29-13-15(5)30-22(27)10-14(3)4/h8-9,12,14-15,17H,6-7,10-11,13,24H2,1-5H3/t15-,17-/m0/s1. The number of nitrogens with two attached hydrogens (primary N) is 1. The van der Waals surface area contributed by atoms with Gasteiger partial charge in [0.2, 0.25) is 0 Å². The molecule has 0 saturated heterocycles. The van der Waals surface area contributed by atoms with E-state index in [2.05, 4.69) is 0 Å². The highest BCUT2D eigenvalue weighted by atomic mass is 16.6. The van der Waals surface area contributed by atoms with Crippen LogP contribution in [0.15, 0.2) is 18.2 Å². The number of esters is 4. The van der Waals surface area contributed by atoms with Crippen molar-refractivity contribution in [3.05, 3.63) is 23.8 Å². The summed E-state index contributed by atoms with van der Waals surface area (Å²) in [5.41, 5.74) is 6.53. The van der Waals surface area contributed by atoms with Gasteiger partial charge in [0.15, 0.2) is 11.5 Å². The van der Waals surface area contributed by atoms with Crippen molar-refractivity contribution in [2.45, 2.75) is 72.4 Å². The number of carbonyl (C=O) groups excluding carboxylic acids is 4. The van der Waals surface area contributed by atoms with E-state index in [0.717, 1.165) is 0 Å². The molecule has 0 aliphatic carbocycles. The second-order valence-corrected chi connectivity index (χ2v) is 7.78. The normalized spacial score (nSPS) is 12.6. The molecule has 0 unspecified atom stereocenters. The third-order valence-corrected chi connectivity index (χ3v) is 4.16. The van der Waals surface area contributed by atoms with Crippen molar-refractivity contribution in [2.24, 2.45) is 11.7 Å². The van der Waals surface area contributed by atoms with Crippen molar-refractivity contribution < 1.29 is 38.1 Å². The Morgan fingerprint density at radius 3 is 2.06 bits per heavy atom. The van der Waals surface area contributed by atoms with Gasteiger partial charge in [-0.25, -0.2) is 0 Å². The molecular formula is C23H33NO8. The number of hydrogen-bond donors (Lipinski definition) is 1. The molecule has 0 radical (unpaired) electrons.